The summed E-state index contributed by atoms with van der Waals surface area (Å²) in [6.07, 6.45) is 2.36. The van der Waals surface area contributed by atoms with Crippen LogP contribution in [0, 0.1) is 0 Å². The van der Waals surface area contributed by atoms with E-state index in [4.69, 9.17) is 15.2 Å². The first-order valence-corrected chi connectivity index (χ1v) is 5.72. The Balaban J connectivity index is 2.19. The minimum atomic E-state index is -0.736. The molecular weight excluding hydrogens is 238 g/mol. The van der Waals surface area contributed by atoms with Gasteiger partial charge in [0.15, 0.2) is 0 Å². The fourth-order valence-corrected chi connectivity index (χ4v) is 2.17. The van der Waals surface area contributed by atoms with Gasteiger partial charge in [0.05, 0.1) is 13.2 Å². The van der Waals surface area contributed by atoms with Gasteiger partial charge in [0.25, 0.3) is 0 Å². The Labute approximate surface area is 104 Å². The summed E-state index contributed by atoms with van der Waals surface area (Å²) < 4.78 is 12.2. The third-order valence-corrected chi connectivity index (χ3v) is 3.09. The fraction of sp³-hybridized carbons (Fsp3) is 0.636. The van der Waals surface area contributed by atoms with Crippen molar-refractivity contribution in [3.63, 3.8) is 0 Å². The number of hydrogen-bond donors (Lipinski definition) is 2. The number of aromatic nitrogens is 2. The zero-order valence-electron chi connectivity index (χ0n) is 10.2. The molecular formula is C11H17N3O4. The molecule has 0 aromatic carbocycles. The molecule has 2 atom stereocenters. The van der Waals surface area contributed by atoms with E-state index < -0.39 is 17.5 Å². The second-order valence-electron chi connectivity index (χ2n) is 4.43. The van der Waals surface area contributed by atoms with Gasteiger partial charge in [0.2, 0.25) is 0 Å². The van der Waals surface area contributed by atoms with Crippen molar-refractivity contribution in [2.75, 3.05) is 26.1 Å². The third kappa shape index (κ3) is 2.38. The lowest BCUT2D eigenvalue weighted by molar-refractivity contribution is -0.128. The third-order valence-electron chi connectivity index (χ3n) is 3.09. The molecule has 0 amide bonds. The quantitative estimate of drug-likeness (QED) is 0.753. The molecule has 1 aromatic heterocycles. The monoisotopic (exact) mass is 255 g/mol. The molecule has 7 heteroatoms. The maximum atomic E-state index is 11.7. The highest BCUT2D eigenvalue weighted by Crippen LogP contribution is 2.35. The van der Waals surface area contributed by atoms with Gasteiger partial charge < -0.3 is 20.3 Å². The van der Waals surface area contributed by atoms with Crippen molar-refractivity contribution in [1.29, 1.82) is 0 Å². The number of nitrogen functional groups attached to an aromatic ring is 1. The van der Waals surface area contributed by atoms with Crippen LogP contribution in [0.4, 0.5) is 5.82 Å². The molecule has 2 unspecified atom stereocenters. The lowest BCUT2D eigenvalue weighted by Gasteiger charge is -2.26. The first-order valence-electron chi connectivity index (χ1n) is 5.72. The van der Waals surface area contributed by atoms with Crippen molar-refractivity contribution in [2.24, 2.45) is 0 Å². The summed E-state index contributed by atoms with van der Waals surface area (Å²) in [4.78, 5) is 15.3. The van der Waals surface area contributed by atoms with E-state index in [-0.39, 0.29) is 19.0 Å². The van der Waals surface area contributed by atoms with Gasteiger partial charge >= 0.3 is 5.69 Å². The number of ether oxygens (including phenoxy) is 2. The number of nitrogens with zero attached hydrogens (tertiary/aromatic N) is 2. The van der Waals surface area contributed by atoms with Crippen LogP contribution < -0.4 is 11.4 Å². The molecule has 2 rings (SSSR count). The van der Waals surface area contributed by atoms with Crippen molar-refractivity contribution >= 4 is 5.82 Å². The summed E-state index contributed by atoms with van der Waals surface area (Å²) in [7, 11) is 1.55. The van der Waals surface area contributed by atoms with E-state index in [1.54, 1.807) is 19.4 Å². The van der Waals surface area contributed by atoms with Gasteiger partial charge in [-0.3, -0.25) is 4.57 Å². The van der Waals surface area contributed by atoms with Gasteiger partial charge in [-0.25, -0.2) is 4.79 Å². The maximum absolute atomic E-state index is 11.7. The maximum Gasteiger partial charge on any atom is 0.351 e. The predicted molar refractivity (Wildman–Crippen MR) is 64.0 cm³/mol. The molecule has 0 bridgehead atoms. The van der Waals surface area contributed by atoms with Crippen LogP contribution in [-0.2, 0) is 9.47 Å². The van der Waals surface area contributed by atoms with E-state index in [2.05, 4.69) is 4.98 Å². The van der Waals surface area contributed by atoms with Crippen LogP contribution in [0.2, 0.25) is 0 Å². The van der Waals surface area contributed by atoms with Gasteiger partial charge in [0, 0.05) is 13.3 Å². The standard InChI is InChI=1S/C11H17N3O4/c1-17-7-11(6-15)4-2-9(18-11)14-5-3-8(12)13-10(14)16/h3,5,9,15H,2,4,6-7H2,1H3,(H2,12,13,16). The van der Waals surface area contributed by atoms with Crippen molar-refractivity contribution < 1.29 is 14.6 Å². The van der Waals surface area contributed by atoms with Crippen LogP contribution in [0.3, 0.4) is 0 Å². The Morgan fingerprint density at radius 3 is 3.17 bits per heavy atom. The molecule has 1 aliphatic rings. The summed E-state index contributed by atoms with van der Waals surface area (Å²) in [5.74, 6) is 0.180. The summed E-state index contributed by atoms with van der Waals surface area (Å²) in [5, 5.41) is 9.40. The molecule has 7 nitrogen and oxygen atoms in total. The van der Waals surface area contributed by atoms with Gasteiger partial charge in [0.1, 0.15) is 17.6 Å². The first kappa shape index (κ1) is 13.0. The Morgan fingerprint density at radius 1 is 1.78 bits per heavy atom. The molecule has 0 radical (unpaired) electrons. The van der Waals surface area contributed by atoms with Gasteiger partial charge in [-0.2, -0.15) is 4.98 Å². The fourth-order valence-electron chi connectivity index (χ4n) is 2.17. The minimum Gasteiger partial charge on any atom is -0.393 e. The Hall–Kier alpha value is -1.44. The molecule has 0 aliphatic carbocycles. The summed E-state index contributed by atoms with van der Waals surface area (Å²) in [6.45, 7) is 0.144. The molecule has 1 fully saturated rings. The van der Waals surface area contributed by atoms with Gasteiger partial charge in [-0.15, -0.1) is 0 Å². The van der Waals surface area contributed by atoms with Crippen molar-refractivity contribution in [2.45, 2.75) is 24.7 Å². The highest BCUT2D eigenvalue weighted by atomic mass is 16.6. The lowest BCUT2D eigenvalue weighted by Crippen LogP contribution is -2.39. The van der Waals surface area contributed by atoms with Gasteiger partial charge in [-0.05, 0) is 18.9 Å². The Morgan fingerprint density at radius 2 is 2.56 bits per heavy atom. The summed E-state index contributed by atoms with van der Waals surface area (Å²) in [5.41, 5.74) is 4.24. The Kier molecular flexibility index (Phi) is 3.65. The van der Waals surface area contributed by atoms with Crippen LogP contribution in [0.5, 0.6) is 0 Å². The number of rotatable bonds is 4. The van der Waals surface area contributed by atoms with Crippen LogP contribution in [0.1, 0.15) is 19.1 Å². The molecule has 0 spiro atoms. The van der Waals surface area contributed by atoms with E-state index in [0.717, 1.165) is 0 Å². The van der Waals surface area contributed by atoms with E-state index in [1.807, 2.05) is 0 Å². The highest BCUT2D eigenvalue weighted by molar-refractivity contribution is 5.23. The molecule has 2 heterocycles. The van der Waals surface area contributed by atoms with E-state index >= 15 is 0 Å². The second kappa shape index (κ2) is 5.05. The van der Waals surface area contributed by atoms with E-state index in [1.165, 1.54) is 4.57 Å². The van der Waals surface area contributed by atoms with Crippen molar-refractivity contribution in [3.8, 4) is 0 Å². The number of nitrogens with two attached hydrogens (primary N) is 1. The van der Waals surface area contributed by atoms with Crippen LogP contribution in [0.25, 0.3) is 0 Å². The molecule has 1 aliphatic heterocycles. The summed E-state index contributed by atoms with van der Waals surface area (Å²) >= 11 is 0. The average Bonchev–Trinajstić information content (AvgIpc) is 2.74. The smallest absolute Gasteiger partial charge is 0.351 e. The number of aliphatic hydroxyl groups is 1. The van der Waals surface area contributed by atoms with Crippen LogP contribution in [0.15, 0.2) is 17.1 Å². The minimum absolute atomic E-state index is 0.144. The zero-order chi connectivity index (χ0) is 13.2. The second-order valence-corrected chi connectivity index (χ2v) is 4.43. The first-order chi connectivity index (χ1) is 8.60. The lowest BCUT2D eigenvalue weighted by atomic mass is 10.0. The number of methoxy groups -OCH3 is 1. The predicted octanol–water partition coefficient (Wildman–Crippen LogP) is -0.488. The normalized spacial score (nSPS) is 27.6. The molecule has 18 heavy (non-hydrogen) atoms. The topological polar surface area (TPSA) is 99.6 Å². The van der Waals surface area contributed by atoms with Crippen LogP contribution >= 0.6 is 0 Å². The molecule has 0 saturated carbocycles. The summed E-state index contributed by atoms with van der Waals surface area (Å²) in [6, 6.07) is 1.54. The van der Waals surface area contributed by atoms with Gasteiger partial charge in [-0.1, -0.05) is 0 Å². The molecule has 1 saturated heterocycles. The van der Waals surface area contributed by atoms with E-state index in [0.29, 0.717) is 12.8 Å². The van der Waals surface area contributed by atoms with Crippen LogP contribution in [-0.4, -0.2) is 40.6 Å². The SMILES string of the molecule is COCC1(CO)CCC(n2ccc(N)nc2=O)O1. The zero-order valence-corrected chi connectivity index (χ0v) is 10.2. The molecule has 100 valence electrons. The molecule has 1 aromatic rings. The highest BCUT2D eigenvalue weighted by Gasteiger charge is 2.41. The van der Waals surface area contributed by atoms with Crippen molar-refractivity contribution in [3.05, 3.63) is 22.7 Å². The average molecular weight is 255 g/mol. The largest absolute Gasteiger partial charge is 0.393 e. The van der Waals surface area contributed by atoms with E-state index in [9.17, 15) is 9.90 Å². The number of hydrogen-bond acceptors (Lipinski definition) is 6. The Bertz CT molecular complexity index is 476. The van der Waals surface area contributed by atoms with Crippen molar-refractivity contribution in [1.82, 2.24) is 9.55 Å². The molecule has 3 N–H and O–H groups in total. The number of aliphatic hydroxyl groups excluding tert-OH is 1. The number of anilines is 1.